The van der Waals surface area contributed by atoms with Crippen molar-refractivity contribution >= 4 is 0 Å². The van der Waals surface area contributed by atoms with Crippen LogP contribution in [0.2, 0.25) is 0 Å². The molecular weight excluding hydrogens is 500 g/mol. The van der Waals surface area contributed by atoms with Gasteiger partial charge in [-0.15, -0.1) is 0 Å². The maximum absolute atomic E-state index is 5.54. The molecule has 8 atom stereocenters. The van der Waals surface area contributed by atoms with Gasteiger partial charge in [0.25, 0.3) is 0 Å². The third kappa shape index (κ3) is 8.40. The van der Waals surface area contributed by atoms with Crippen LogP contribution < -0.4 is 21.7 Å². The van der Waals surface area contributed by atoms with Crippen LogP contribution in [0.5, 0.6) is 0 Å². The van der Waals surface area contributed by atoms with Gasteiger partial charge in [0.05, 0.1) is 0 Å². The van der Waals surface area contributed by atoms with Gasteiger partial charge in [0.1, 0.15) is 0 Å². The Morgan fingerprint density at radius 2 is 1.54 bits per heavy atom. The van der Waals surface area contributed by atoms with Crippen molar-refractivity contribution in [1.29, 1.82) is 0 Å². The zero-order valence-electron chi connectivity index (χ0n) is 28.0. The van der Waals surface area contributed by atoms with Gasteiger partial charge in [-0.3, -0.25) is 0 Å². The van der Waals surface area contributed by atoms with Gasteiger partial charge in [0.15, 0.2) is 0 Å². The lowest BCUT2D eigenvalue weighted by molar-refractivity contribution is -0.0514. The molecule has 0 saturated heterocycles. The number of nitrogens with two attached hydrogens (primary N) is 1. The SMILES string of the molecule is CC(C)CCC[C@@H](C)[C@H]1CCC2C3CC=C4CC(NCCCNCCCCNCCCN)CC[C@]4(C)C3CC[C@@]21C. The van der Waals surface area contributed by atoms with Crippen LogP contribution in [-0.4, -0.2) is 45.3 Å². The molecule has 3 fully saturated rings. The summed E-state index contributed by atoms with van der Waals surface area (Å²) in [5.41, 5.74) is 8.46. The predicted molar refractivity (Wildman–Crippen MR) is 178 cm³/mol. The third-order valence-electron chi connectivity index (χ3n) is 12.8. The molecule has 4 aliphatic rings. The van der Waals surface area contributed by atoms with Crippen LogP contribution in [0, 0.1) is 46.3 Å². The van der Waals surface area contributed by atoms with Gasteiger partial charge in [-0.2, -0.15) is 0 Å². The van der Waals surface area contributed by atoms with Crippen LogP contribution in [0.1, 0.15) is 131 Å². The van der Waals surface area contributed by atoms with E-state index in [1.165, 1.54) is 89.9 Å². The summed E-state index contributed by atoms with van der Waals surface area (Å²) in [6, 6.07) is 0.696. The largest absolute Gasteiger partial charge is 0.330 e. The van der Waals surface area contributed by atoms with E-state index in [0.717, 1.165) is 81.2 Å². The van der Waals surface area contributed by atoms with Gasteiger partial charge in [-0.05, 0) is 163 Å². The second-order valence-electron chi connectivity index (χ2n) is 15.9. The average molecular weight is 571 g/mol. The second-order valence-corrected chi connectivity index (χ2v) is 15.9. The molecule has 0 radical (unpaired) electrons. The molecule has 0 bridgehead atoms. The number of hydrogen-bond acceptors (Lipinski definition) is 4. The molecule has 4 aliphatic carbocycles. The zero-order chi connectivity index (χ0) is 29.3. The number of nitrogens with one attached hydrogen (secondary N) is 3. The highest BCUT2D eigenvalue weighted by atomic mass is 14.9. The summed E-state index contributed by atoms with van der Waals surface area (Å²) in [6.45, 7) is 19.2. The van der Waals surface area contributed by atoms with Crippen LogP contribution in [0.15, 0.2) is 11.6 Å². The molecule has 0 aromatic rings. The quantitative estimate of drug-likeness (QED) is 0.101. The van der Waals surface area contributed by atoms with Gasteiger partial charge in [-0.25, -0.2) is 0 Å². The maximum Gasteiger partial charge on any atom is 0.0105 e. The first kappa shape index (κ1) is 33.5. The maximum atomic E-state index is 5.54. The average Bonchev–Trinajstić information content (AvgIpc) is 3.30. The summed E-state index contributed by atoms with van der Waals surface area (Å²) in [6.07, 6.45) is 23.4. The lowest BCUT2D eigenvalue weighted by Crippen LogP contribution is -2.51. The summed E-state index contributed by atoms with van der Waals surface area (Å²) < 4.78 is 0. The Hall–Kier alpha value is -0.420. The van der Waals surface area contributed by atoms with E-state index in [0.29, 0.717) is 16.9 Å². The first-order valence-corrected chi connectivity index (χ1v) is 18.3. The Labute approximate surface area is 255 Å². The van der Waals surface area contributed by atoms with E-state index in [1.54, 1.807) is 0 Å². The molecule has 4 nitrogen and oxygen atoms in total. The highest BCUT2D eigenvalue weighted by molar-refractivity contribution is 5.26. The molecule has 4 rings (SSSR count). The van der Waals surface area contributed by atoms with Crippen LogP contribution in [0.4, 0.5) is 0 Å². The fraction of sp³-hybridized carbons (Fsp3) is 0.946. The van der Waals surface area contributed by atoms with E-state index in [1.807, 2.05) is 5.57 Å². The Balaban J connectivity index is 1.18. The van der Waals surface area contributed by atoms with E-state index >= 15 is 0 Å². The van der Waals surface area contributed by atoms with E-state index < -0.39 is 0 Å². The topological polar surface area (TPSA) is 62.1 Å². The van der Waals surface area contributed by atoms with E-state index in [9.17, 15) is 0 Å². The molecule has 0 aromatic carbocycles. The van der Waals surface area contributed by atoms with Gasteiger partial charge in [-0.1, -0.05) is 65.5 Å². The number of fused-ring (bicyclic) bond motifs is 5. The summed E-state index contributed by atoms with van der Waals surface area (Å²) in [5.74, 6) is 5.61. The molecule has 0 amide bonds. The first-order chi connectivity index (χ1) is 19.8. The zero-order valence-corrected chi connectivity index (χ0v) is 28.0. The third-order valence-corrected chi connectivity index (χ3v) is 12.8. The first-order valence-electron chi connectivity index (χ1n) is 18.3. The van der Waals surface area contributed by atoms with Gasteiger partial charge in [0, 0.05) is 6.04 Å². The minimum atomic E-state index is 0.476. The Morgan fingerprint density at radius 1 is 0.805 bits per heavy atom. The molecule has 0 spiro atoms. The van der Waals surface area contributed by atoms with Crippen molar-refractivity contribution in [3.05, 3.63) is 11.6 Å². The second kappa shape index (κ2) is 16.1. The van der Waals surface area contributed by atoms with Crippen molar-refractivity contribution < 1.29 is 0 Å². The summed E-state index contributed by atoms with van der Waals surface area (Å²) >= 11 is 0. The van der Waals surface area contributed by atoms with Crippen molar-refractivity contribution in [3.63, 3.8) is 0 Å². The number of unbranched alkanes of at least 4 members (excludes halogenated alkanes) is 1. The highest BCUT2D eigenvalue weighted by Gasteiger charge is 2.59. The Bertz CT molecular complexity index is 794. The van der Waals surface area contributed by atoms with Crippen molar-refractivity contribution in [1.82, 2.24) is 16.0 Å². The fourth-order valence-electron chi connectivity index (χ4n) is 10.4. The van der Waals surface area contributed by atoms with Crippen LogP contribution >= 0.6 is 0 Å². The van der Waals surface area contributed by atoms with Crippen molar-refractivity contribution in [2.24, 2.45) is 52.1 Å². The van der Waals surface area contributed by atoms with Crippen molar-refractivity contribution in [2.45, 2.75) is 137 Å². The van der Waals surface area contributed by atoms with Crippen LogP contribution in [0.3, 0.4) is 0 Å². The molecule has 4 unspecified atom stereocenters. The smallest absolute Gasteiger partial charge is 0.0105 e. The minimum absolute atomic E-state index is 0.476. The number of hydrogen-bond donors (Lipinski definition) is 4. The van der Waals surface area contributed by atoms with Crippen molar-refractivity contribution in [3.8, 4) is 0 Å². The summed E-state index contributed by atoms with van der Waals surface area (Å²) in [7, 11) is 0. The Morgan fingerprint density at radius 3 is 2.27 bits per heavy atom. The lowest BCUT2D eigenvalue weighted by atomic mass is 9.47. The predicted octanol–water partition coefficient (Wildman–Crippen LogP) is 7.68. The lowest BCUT2D eigenvalue weighted by Gasteiger charge is -2.58. The molecule has 238 valence electrons. The van der Waals surface area contributed by atoms with Gasteiger partial charge >= 0.3 is 0 Å². The molecule has 0 aromatic heterocycles. The fourth-order valence-corrected chi connectivity index (χ4v) is 10.4. The molecule has 3 saturated carbocycles. The minimum Gasteiger partial charge on any atom is -0.330 e. The number of rotatable bonds is 18. The highest BCUT2D eigenvalue weighted by Crippen LogP contribution is 2.67. The molecular formula is C37H70N4. The monoisotopic (exact) mass is 571 g/mol. The van der Waals surface area contributed by atoms with Crippen LogP contribution in [-0.2, 0) is 0 Å². The number of allylic oxidation sites excluding steroid dienone is 1. The molecule has 4 heteroatoms. The summed E-state index contributed by atoms with van der Waals surface area (Å²) in [4.78, 5) is 0. The van der Waals surface area contributed by atoms with Crippen LogP contribution in [0.25, 0.3) is 0 Å². The van der Waals surface area contributed by atoms with E-state index in [4.69, 9.17) is 5.73 Å². The molecule has 0 aliphatic heterocycles. The standard InChI is InChI=1S/C37H70N4/c1-28(2)11-8-12-29(3)33-15-16-34-32-14-13-30-27-31(17-19-36(30,4)35(32)18-20-37(33,34)5)41-26-10-25-40-23-7-6-22-39-24-9-21-38/h13,28-29,31-35,39-41H,6-12,14-27,38H2,1-5H3/t29-,31?,32?,33-,34?,35?,36+,37-/m1/s1. The van der Waals surface area contributed by atoms with Gasteiger partial charge in [0.2, 0.25) is 0 Å². The van der Waals surface area contributed by atoms with E-state index in [2.05, 4.69) is 56.6 Å². The molecule has 0 heterocycles. The van der Waals surface area contributed by atoms with Gasteiger partial charge < -0.3 is 21.7 Å². The Kier molecular flexibility index (Phi) is 13.1. The molecule has 41 heavy (non-hydrogen) atoms. The van der Waals surface area contributed by atoms with Crippen molar-refractivity contribution in [2.75, 3.05) is 39.3 Å². The normalized spacial score (nSPS) is 35.6. The van der Waals surface area contributed by atoms with E-state index in [-0.39, 0.29) is 0 Å². The molecule has 5 N–H and O–H groups in total. The summed E-state index contributed by atoms with van der Waals surface area (Å²) in [5, 5.41) is 11.1.